The third kappa shape index (κ3) is 3.52. The normalized spacial score (nSPS) is 19.1. The van der Waals surface area contributed by atoms with E-state index in [4.69, 9.17) is 11.6 Å². The number of benzene rings is 3. The second-order valence-corrected chi connectivity index (χ2v) is 9.33. The van der Waals surface area contributed by atoms with E-state index in [1.807, 2.05) is 0 Å². The molecule has 1 saturated heterocycles. The van der Waals surface area contributed by atoms with Crippen LogP contribution < -0.4 is 15.1 Å². The molecule has 2 aliphatic rings. The predicted octanol–water partition coefficient (Wildman–Crippen LogP) is 4.54. The summed E-state index contributed by atoms with van der Waals surface area (Å²) >= 11 is 7.05. The van der Waals surface area contributed by atoms with E-state index in [1.54, 1.807) is 48.5 Å². The van der Waals surface area contributed by atoms with Crippen LogP contribution in [0.2, 0.25) is 5.02 Å². The largest absolute Gasteiger partial charge is 0.324 e. The van der Waals surface area contributed by atoms with E-state index in [0.717, 1.165) is 23.9 Å². The van der Waals surface area contributed by atoms with Crippen molar-refractivity contribution in [2.75, 3.05) is 27.4 Å². The Hall–Kier alpha value is -3.43. The second kappa shape index (κ2) is 8.41. The van der Waals surface area contributed by atoms with Gasteiger partial charge in [-0.1, -0.05) is 35.9 Å². The number of halogens is 3. The average Bonchev–Trinajstić information content (AvgIpc) is 3.27. The first kappa shape index (κ1) is 22.4. The van der Waals surface area contributed by atoms with Gasteiger partial charge in [0.1, 0.15) is 6.54 Å². The molecule has 3 aromatic rings. The fourth-order valence-electron chi connectivity index (χ4n) is 4.25. The molecular weight excluding hydrogens is 484 g/mol. The smallest absolute Gasteiger partial charge is 0.269 e. The van der Waals surface area contributed by atoms with E-state index in [9.17, 15) is 23.2 Å². The third-order valence-electron chi connectivity index (χ3n) is 5.64. The molecule has 0 aliphatic carbocycles. The number of thioether (sulfide) groups is 1. The highest BCUT2D eigenvalue weighted by atomic mass is 35.5. The van der Waals surface area contributed by atoms with E-state index in [-0.39, 0.29) is 18.0 Å². The molecule has 172 valence electrons. The molecule has 1 atom stereocenters. The Kier molecular flexibility index (Phi) is 5.53. The van der Waals surface area contributed by atoms with Crippen molar-refractivity contribution in [1.29, 1.82) is 0 Å². The fourth-order valence-corrected chi connectivity index (χ4v) is 5.80. The minimum absolute atomic E-state index is 0.0401. The first-order chi connectivity index (χ1) is 16.3. The molecule has 2 heterocycles. The van der Waals surface area contributed by atoms with Crippen LogP contribution in [0.5, 0.6) is 0 Å². The van der Waals surface area contributed by atoms with Gasteiger partial charge in [0.15, 0.2) is 11.6 Å². The standard InChI is InChI=1S/C24H16ClF2N3O3S/c25-14-4-3-5-15(10-14)28-21(31)12-29-20-7-2-1-6-17(20)24(23(29)33)30(22(32)13-34-24)16-8-9-18(26)19(27)11-16/h1-11H,12-13H2,(H,28,31)/t24-/m0/s1. The molecule has 0 bridgehead atoms. The molecular formula is C24H16ClF2N3O3S. The summed E-state index contributed by atoms with van der Waals surface area (Å²) in [6, 6.07) is 16.5. The quantitative estimate of drug-likeness (QED) is 0.572. The lowest BCUT2D eigenvalue weighted by molar-refractivity contribution is -0.124. The Bertz CT molecular complexity index is 1350. The number of anilines is 3. The Morgan fingerprint density at radius 2 is 1.82 bits per heavy atom. The van der Waals surface area contributed by atoms with Crippen LogP contribution in [0.1, 0.15) is 5.56 Å². The van der Waals surface area contributed by atoms with Gasteiger partial charge in [0, 0.05) is 28.0 Å². The zero-order valence-electron chi connectivity index (χ0n) is 17.4. The molecule has 1 fully saturated rings. The Morgan fingerprint density at radius 1 is 1.03 bits per heavy atom. The number of hydrogen-bond acceptors (Lipinski definition) is 4. The van der Waals surface area contributed by atoms with Crippen LogP contribution in [0.4, 0.5) is 25.8 Å². The van der Waals surface area contributed by atoms with Crippen LogP contribution in [-0.4, -0.2) is 30.0 Å². The lowest BCUT2D eigenvalue weighted by Gasteiger charge is -2.33. The Labute approximate surface area is 202 Å². The molecule has 10 heteroatoms. The molecule has 1 spiro atoms. The van der Waals surface area contributed by atoms with Gasteiger partial charge in [0.25, 0.3) is 5.91 Å². The molecule has 6 nitrogen and oxygen atoms in total. The molecule has 34 heavy (non-hydrogen) atoms. The molecule has 0 aromatic heterocycles. The van der Waals surface area contributed by atoms with E-state index >= 15 is 0 Å². The van der Waals surface area contributed by atoms with Crippen molar-refractivity contribution in [3.8, 4) is 0 Å². The van der Waals surface area contributed by atoms with Gasteiger partial charge in [-0.25, -0.2) is 8.78 Å². The monoisotopic (exact) mass is 499 g/mol. The molecule has 0 unspecified atom stereocenters. The van der Waals surface area contributed by atoms with Crippen LogP contribution in [0, 0.1) is 11.6 Å². The van der Waals surface area contributed by atoms with E-state index in [2.05, 4.69) is 5.32 Å². The average molecular weight is 500 g/mol. The first-order valence-electron chi connectivity index (χ1n) is 10.2. The van der Waals surface area contributed by atoms with Gasteiger partial charge >= 0.3 is 0 Å². The van der Waals surface area contributed by atoms with E-state index in [0.29, 0.717) is 22.0 Å². The molecule has 3 aromatic carbocycles. The highest BCUT2D eigenvalue weighted by Gasteiger charge is 2.61. The van der Waals surface area contributed by atoms with Crippen LogP contribution in [0.3, 0.4) is 0 Å². The minimum atomic E-state index is -1.53. The third-order valence-corrected chi connectivity index (χ3v) is 7.26. The predicted molar refractivity (Wildman–Crippen MR) is 127 cm³/mol. The highest BCUT2D eigenvalue weighted by molar-refractivity contribution is 8.02. The summed E-state index contributed by atoms with van der Waals surface area (Å²) in [6.45, 7) is -0.315. The molecule has 0 radical (unpaired) electrons. The molecule has 5 rings (SSSR count). The van der Waals surface area contributed by atoms with Crippen molar-refractivity contribution >= 4 is 58.1 Å². The number of rotatable bonds is 4. The van der Waals surface area contributed by atoms with Gasteiger partial charge in [0.05, 0.1) is 11.4 Å². The summed E-state index contributed by atoms with van der Waals surface area (Å²) in [5.74, 6) is -3.64. The van der Waals surface area contributed by atoms with Crippen LogP contribution >= 0.6 is 23.4 Å². The van der Waals surface area contributed by atoms with Crippen molar-refractivity contribution in [2.45, 2.75) is 4.87 Å². The van der Waals surface area contributed by atoms with Gasteiger partial charge < -0.3 is 5.32 Å². The van der Waals surface area contributed by atoms with Crippen molar-refractivity contribution in [3.63, 3.8) is 0 Å². The highest BCUT2D eigenvalue weighted by Crippen LogP contribution is 2.55. The van der Waals surface area contributed by atoms with Gasteiger partial charge in [-0.2, -0.15) is 0 Å². The summed E-state index contributed by atoms with van der Waals surface area (Å²) < 4.78 is 27.6. The lowest BCUT2D eigenvalue weighted by Crippen LogP contribution is -2.51. The number of nitrogens with one attached hydrogen (secondary N) is 1. The first-order valence-corrected chi connectivity index (χ1v) is 11.6. The maximum absolute atomic E-state index is 14.0. The molecule has 2 aliphatic heterocycles. The maximum Gasteiger partial charge on any atom is 0.269 e. The summed E-state index contributed by atoms with van der Waals surface area (Å²) in [7, 11) is 0. The van der Waals surface area contributed by atoms with Crippen LogP contribution in [-0.2, 0) is 19.3 Å². The Balaban J connectivity index is 1.53. The number of carbonyl (C=O) groups is 3. The minimum Gasteiger partial charge on any atom is -0.324 e. The van der Waals surface area contributed by atoms with E-state index < -0.39 is 34.2 Å². The van der Waals surface area contributed by atoms with Crippen molar-refractivity contribution in [3.05, 3.63) is 89.0 Å². The van der Waals surface area contributed by atoms with Gasteiger partial charge in [-0.3, -0.25) is 24.2 Å². The topological polar surface area (TPSA) is 69.7 Å². The number of carbonyl (C=O) groups excluding carboxylic acids is 3. The van der Waals surface area contributed by atoms with Crippen LogP contribution in [0.25, 0.3) is 0 Å². The van der Waals surface area contributed by atoms with E-state index in [1.165, 1.54) is 15.9 Å². The number of para-hydroxylation sites is 1. The molecule has 3 amide bonds. The second-order valence-electron chi connectivity index (χ2n) is 7.73. The van der Waals surface area contributed by atoms with Crippen molar-refractivity contribution in [1.82, 2.24) is 0 Å². The molecule has 1 N–H and O–H groups in total. The van der Waals surface area contributed by atoms with Gasteiger partial charge in [-0.05, 0) is 36.4 Å². The van der Waals surface area contributed by atoms with Crippen molar-refractivity contribution in [2.24, 2.45) is 0 Å². The molecule has 0 saturated carbocycles. The number of hydrogen-bond donors (Lipinski definition) is 1. The van der Waals surface area contributed by atoms with Gasteiger partial charge in [-0.15, -0.1) is 11.8 Å². The summed E-state index contributed by atoms with van der Waals surface area (Å²) in [5.41, 5.74) is 1.49. The number of amides is 3. The zero-order valence-corrected chi connectivity index (χ0v) is 19.0. The maximum atomic E-state index is 14.0. The zero-order chi connectivity index (χ0) is 24.0. The SMILES string of the molecule is O=C(CN1C(=O)[C@@]2(SCC(=O)N2c2ccc(F)c(F)c2)c2ccccc21)Nc1cccc(Cl)c1. The number of fused-ring (bicyclic) bond motifs is 2. The Morgan fingerprint density at radius 3 is 2.59 bits per heavy atom. The summed E-state index contributed by atoms with van der Waals surface area (Å²) in [4.78, 5) is 40.5. The summed E-state index contributed by atoms with van der Waals surface area (Å²) in [6.07, 6.45) is 0. The lowest BCUT2D eigenvalue weighted by atomic mass is 10.0. The number of nitrogens with zero attached hydrogens (tertiary/aromatic N) is 2. The van der Waals surface area contributed by atoms with Crippen LogP contribution in [0.15, 0.2) is 66.7 Å². The van der Waals surface area contributed by atoms with Gasteiger partial charge in [0.2, 0.25) is 16.7 Å². The van der Waals surface area contributed by atoms with Crippen molar-refractivity contribution < 1.29 is 23.2 Å². The fraction of sp³-hybridized carbons (Fsp3) is 0.125. The summed E-state index contributed by atoms with van der Waals surface area (Å²) in [5, 5.41) is 3.16.